The van der Waals surface area contributed by atoms with Gasteiger partial charge in [0.05, 0.1) is 0 Å². The van der Waals surface area contributed by atoms with E-state index in [9.17, 15) is 0 Å². The van der Waals surface area contributed by atoms with E-state index in [2.05, 4.69) is 31.1 Å². The third kappa shape index (κ3) is 3.13. The summed E-state index contributed by atoms with van der Waals surface area (Å²) in [5, 5.41) is 3.48. The van der Waals surface area contributed by atoms with Gasteiger partial charge in [0.1, 0.15) is 0 Å². The number of anilines is 1. The molecule has 0 unspecified atom stereocenters. The molecule has 0 saturated carbocycles. The maximum absolute atomic E-state index is 5.59. The van der Waals surface area contributed by atoms with Crippen LogP contribution >= 0.6 is 6.19 Å². The number of hydrogen-bond donors (Lipinski definition) is 1. The van der Waals surface area contributed by atoms with Crippen molar-refractivity contribution < 1.29 is 0 Å². The summed E-state index contributed by atoms with van der Waals surface area (Å²) in [4.78, 5) is 0. The van der Waals surface area contributed by atoms with Crippen LogP contribution in [0.2, 0.25) is 0 Å². The van der Waals surface area contributed by atoms with Gasteiger partial charge in [-0.15, -0.1) is 0 Å². The van der Waals surface area contributed by atoms with Crippen LogP contribution in [0.1, 0.15) is 13.8 Å². The number of benzene rings is 1. The molecule has 0 aliphatic rings. The fraction of sp³-hybridized carbons (Fsp3) is 0.400. The van der Waals surface area contributed by atoms with E-state index in [4.69, 9.17) is 11.8 Å². The van der Waals surface area contributed by atoms with E-state index >= 15 is 0 Å². The molecule has 0 aromatic heterocycles. The molecule has 0 spiro atoms. The van der Waals surface area contributed by atoms with Crippen molar-refractivity contribution in [3.8, 4) is 0 Å². The Labute approximate surface area is 85.6 Å². The zero-order valence-corrected chi connectivity index (χ0v) is 9.87. The maximum atomic E-state index is 5.59. The average Bonchev–Trinajstić information content (AvgIpc) is 2.19. The first-order valence-electron chi connectivity index (χ1n) is 4.61. The predicted molar refractivity (Wildman–Crippen MR) is 65.4 cm³/mol. The molecule has 0 amide bonds. The number of hydrogen-bond acceptors (Lipinski definition) is 1. The molecule has 0 saturated heterocycles. The Morgan fingerprint density at radius 1 is 1.15 bits per heavy atom. The summed E-state index contributed by atoms with van der Waals surface area (Å²) in [6.45, 7) is 4.33. The molecule has 0 bridgehead atoms. The highest BCUT2D eigenvalue weighted by molar-refractivity contribution is 8.15. The second-order valence-electron chi connectivity index (χ2n) is 3.00. The third-order valence-electron chi connectivity index (χ3n) is 2.13. The van der Waals surface area contributed by atoms with Crippen LogP contribution in [0.15, 0.2) is 30.3 Å². The Morgan fingerprint density at radius 2 is 1.69 bits per heavy atom. The van der Waals surface area contributed by atoms with Gasteiger partial charge in [0.15, 0.2) is 0 Å². The van der Waals surface area contributed by atoms with E-state index in [-0.39, 0.29) is 0 Å². The van der Waals surface area contributed by atoms with Crippen LogP contribution in [-0.2, 0) is 11.8 Å². The van der Waals surface area contributed by atoms with Crippen LogP contribution in [0.5, 0.6) is 0 Å². The highest BCUT2D eigenvalue weighted by atomic mass is 32.4. The lowest BCUT2D eigenvalue weighted by Crippen LogP contribution is -2.00. The molecule has 13 heavy (non-hydrogen) atoms. The lowest BCUT2D eigenvalue weighted by atomic mass is 10.3. The van der Waals surface area contributed by atoms with Crippen molar-refractivity contribution in [2.75, 3.05) is 17.4 Å². The standard InChI is InChI=1S/C10H16NPS/c1-3-12(13,4-2)11-10-8-6-5-7-9-10/h5-9H,3-4H2,1-2H3,(H,11,13). The van der Waals surface area contributed by atoms with E-state index in [0.717, 1.165) is 18.0 Å². The van der Waals surface area contributed by atoms with Crippen molar-refractivity contribution in [3.05, 3.63) is 30.3 Å². The van der Waals surface area contributed by atoms with Crippen LogP contribution < -0.4 is 5.09 Å². The van der Waals surface area contributed by atoms with E-state index in [0.29, 0.717) is 0 Å². The fourth-order valence-corrected chi connectivity index (χ4v) is 2.83. The smallest absolute Gasteiger partial charge is 0.0377 e. The Balaban J connectivity index is 2.74. The minimum absolute atomic E-state index is 1.08. The van der Waals surface area contributed by atoms with Crippen LogP contribution in [0.4, 0.5) is 5.69 Å². The first kappa shape index (κ1) is 10.7. The SMILES string of the molecule is CCP(=S)(CC)Nc1ccccc1. The zero-order chi connectivity index (χ0) is 9.73. The Bertz CT molecular complexity index is 289. The van der Waals surface area contributed by atoms with Gasteiger partial charge in [0, 0.05) is 11.9 Å². The zero-order valence-electron chi connectivity index (χ0n) is 8.16. The molecule has 0 heterocycles. The molecule has 1 N–H and O–H groups in total. The van der Waals surface area contributed by atoms with Gasteiger partial charge in [0.25, 0.3) is 0 Å². The molecular formula is C10H16NPS. The maximum Gasteiger partial charge on any atom is 0.0377 e. The molecule has 1 aromatic rings. The van der Waals surface area contributed by atoms with Crippen molar-refractivity contribution in [1.82, 2.24) is 0 Å². The van der Waals surface area contributed by atoms with Gasteiger partial charge in [-0.05, 0) is 24.5 Å². The third-order valence-corrected chi connectivity index (χ3v) is 6.66. The van der Waals surface area contributed by atoms with Gasteiger partial charge in [-0.2, -0.15) is 0 Å². The second-order valence-corrected chi connectivity index (χ2v) is 8.36. The Morgan fingerprint density at radius 3 is 2.15 bits per heavy atom. The highest BCUT2D eigenvalue weighted by Crippen LogP contribution is 2.44. The van der Waals surface area contributed by atoms with Crippen LogP contribution in [0.3, 0.4) is 0 Å². The topological polar surface area (TPSA) is 12.0 Å². The van der Waals surface area contributed by atoms with Gasteiger partial charge >= 0.3 is 0 Å². The molecule has 72 valence electrons. The molecule has 1 aromatic carbocycles. The molecule has 3 heteroatoms. The monoisotopic (exact) mass is 213 g/mol. The number of nitrogens with one attached hydrogen (secondary N) is 1. The van der Waals surface area contributed by atoms with E-state index < -0.39 is 6.19 Å². The minimum atomic E-state index is -1.32. The normalized spacial score (nSPS) is 11.2. The van der Waals surface area contributed by atoms with E-state index in [1.54, 1.807) is 0 Å². The predicted octanol–water partition coefficient (Wildman–Crippen LogP) is 3.53. The fourth-order valence-electron chi connectivity index (χ4n) is 1.13. The first-order chi connectivity index (χ1) is 6.20. The molecule has 0 fully saturated rings. The molecular weight excluding hydrogens is 197 g/mol. The summed E-state index contributed by atoms with van der Waals surface area (Å²) in [6.07, 6.45) is 0.835. The van der Waals surface area contributed by atoms with Gasteiger partial charge in [-0.25, -0.2) is 0 Å². The van der Waals surface area contributed by atoms with Gasteiger partial charge in [-0.3, -0.25) is 0 Å². The summed E-state index contributed by atoms with van der Waals surface area (Å²) in [6, 6.07) is 10.2. The molecule has 1 nitrogen and oxygen atoms in total. The van der Waals surface area contributed by atoms with Crippen molar-refractivity contribution in [1.29, 1.82) is 0 Å². The van der Waals surface area contributed by atoms with Gasteiger partial charge < -0.3 is 5.09 Å². The van der Waals surface area contributed by atoms with Crippen molar-refractivity contribution in [2.45, 2.75) is 13.8 Å². The Kier molecular flexibility index (Phi) is 3.95. The van der Waals surface area contributed by atoms with E-state index in [1.807, 2.05) is 18.2 Å². The van der Waals surface area contributed by atoms with Crippen molar-refractivity contribution in [2.24, 2.45) is 0 Å². The summed E-state index contributed by atoms with van der Waals surface area (Å²) in [5.74, 6) is 0. The van der Waals surface area contributed by atoms with Gasteiger partial charge in [0.2, 0.25) is 0 Å². The molecule has 0 atom stereocenters. The summed E-state index contributed by atoms with van der Waals surface area (Å²) >= 11 is 5.59. The molecule has 0 radical (unpaired) electrons. The van der Waals surface area contributed by atoms with Crippen LogP contribution in [-0.4, -0.2) is 12.3 Å². The number of rotatable bonds is 4. The van der Waals surface area contributed by atoms with Crippen molar-refractivity contribution in [3.63, 3.8) is 0 Å². The highest BCUT2D eigenvalue weighted by Gasteiger charge is 2.10. The first-order valence-corrected chi connectivity index (χ1v) is 7.79. The summed E-state index contributed by atoms with van der Waals surface area (Å²) < 4.78 is 0. The largest absolute Gasteiger partial charge is 0.357 e. The quantitative estimate of drug-likeness (QED) is 0.768. The molecule has 0 aliphatic heterocycles. The lowest BCUT2D eigenvalue weighted by Gasteiger charge is -2.21. The minimum Gasteiger partial charge on any atom is -0.357 e. The van der Waals surface area contributed by atoms with Crippen molar-refractivity contribution >= 4 is 23.7 Å². The van der Waals surface area contributed by atoms with Crippen LogP contribution in [0, 0.1) is 0 Å². The second kappa shape index (κ2) is 4.78. The van der Waals surface area contributed by atoms with Crippen LogP contribution in [0.25, 0.3) is 0 Å². The van der Waals surface area contributed by atoms with E-state index in [1.165, 1.54) is 0 Å². The van der Waals surface area contributed by atoms with Gasteiger partial charge in [-0.1, -0.05) is 43.9 Å². The Hall–Kier alpha value is -0.330. The average molecular weight is 213 g/mol. The molecule has 1 rings (SSSR count). The molecule has 0 aliphatic carbocycles. The summed E-state index contributed by atoms with van der Waals surface area (Å²) in [7, 11) is 0. The summed E-state index contributed by atoms with van der Waals surface area (Å²) in [5.41, 5.74) is 1.16. The lowest BCUT2D eigenvalue weighted by molar-refractivity contribution is 1.40. The number of para-hydroxylation sites is 1.